The molecule has 0 aliphatic carbocycles. The zero-order chi connectivity index (χ0) is 18.2. The Morgan fingerprint density at radius 3 is 1.87 bits per heavy atom. The van der Waals surface area contributed by atoms with Gasteiger partial charge in [-0.15, -0.1) is 0 Å². The lowest BCUT2D eigenvalue weighted by Gasteiger charge is -2.25. The summed E-state index contributed by atoms with van der Waals surface area (Å²) in [6, 6.07) is -0.504. The number of hydrogen-bond donors (Lipinski definition) is 3. The van der Waals surface area contributed by atoms with Gasteiger partial charge in [0.15, 0.2) is 0 Å². The largest absolute Gasteiger partial charge is 0.393 e. The maximum absolute atomic E-state index is 12.3. The Bertz CT molecular complexity index is 367. The van der Waals surface area contributed by atoms with E-state index >= 15 is 0 Å². The molecule has 0 fully saturated rings. The lowest BCUT2D eigenvalue weighted by molar-refractivity contribution is -0.132. The molecule has 0 aromatic carbocycles. The number of carbonyl (C=O) groups is 2. The average Bonchev–Trinajstić information content (AvgIpc) is 2.40. The van der Waals surface area contributed by atoms with Crippen LogP contribution in [0.15, 0.2) is 0 Å². The third-order valence-corrected chi connectivity index (χ3v) is 3.83. The first kappa shape index (κ1) is 21.9. The van der Waals surface area contributed by atoms with E-state index in [1.165, 1.54) is 0 Å². The SMILES string of the molecule is CC(C)CCC(O)CC(C)C(=O)NC(C(=O)NC(C)C)C(C)C. The summed E-state index contributed by atoms with van der Waals surface area (Å²) in [4.78, 5) is 24.5. The van der Waals surface area contributed by atoms with Gasteiger partial charge in [-0.25, -0.2) is 0 Å². The van der Waals surface area contributed by atoms with Crippen molar-refractivity contribution in [2.24, 2.45) is 17.8 Å². The third kappa shape index (κ3) is 9.59. The Balaban J connectivity index is 4.52. The van der Waals surface area contributed by atoms with Gasteiger partial charge in [-0.2, -0.15) is 0 Å². The van der Waals surface area contributed by atoms with Crippen molar-refractivity contribution in [1.29, 1.82) is 0 Å². The summed E-state index contributed by atoms with van der Waals surface area (Å²) in [5.41, 5.74) is 0. The number of amides is 2. The number of hydrogen-bond acceptors (Lipinski definition) is 3. The first-order valence-corrected chi connectivity index (χ1v) is 8.83. The van der Waals surface area contributed by atoms with Crippen LogP contribution < -0.4 is 10.6 Å². The van der Waals surface area contributed by atoms with Crippen LogP contribution >= 0.6 is 0 Å². The van der Waals surface area contributed by atoms with Gasteiger partial charge in [-0.05, 0) is 44.9 Å². The van der Waals surface area contributed by atoms with E-state index in [0.717, 1.165) is 6.42 Å². The zero-order valence-electron chi connectivity index (χ0n) is 15.8. The summed E-state index contributed by atoms with van der Waals surface area (Å²) < 4.78 is 0. The first-order valence-electron chi connectivity index (χ1n) is 8.83. The van der Waals surface area contributed by atoms with E-state index < -0.39 is 12.1 Å². The summed E-state index contributed by atoms with van der Waals surface area (Å²) in [6.45, 7) is 13.6. The van der Waals surface area contributed by atoms with Gasteiger partial charge in [0.2, 0.25) is 11.8 Å². The fourth-order valence-electron chi connectivity index (χ4n) is 2.36. The van der Waals surface area contributed by atoms with Crippen LogP contribution in [0.25, 0.3) is 0 Å². The van der Waals surface area contributed by atoms with Crippen molar-refractivity contribution in [2.75, 3.05) is 0 Å². The number of rotatable bonds is 10. The zero-order valence-corrected chi connectivity index (χ0v) is 15.8. The molecule has 0 rings (SSSR count). The molecular formula is C18H36N2O3. The van der Waals surface area contributed by atoms with Crippen LogP contribution in [-0.2, 0) is 9.59 Å². The minimum atomic E-state index is -0.542. The highest BCUT2D eigenvalue weighted by Crippen LogP contribution is 2.15. The minimum Gasteiger partial charge on any atom is -0.393 e. The standard InChI is InChI=1S/C18H36N2O3/c1-11(2)8-9-15(21)10-14(7)17(22)20-16(12(3)4)18(23)19-13(5)6/h11-16,21H,8-10H2,1-7H3,(H,19,23)(H,20,22). The molecule has 136 valence electrons. The molecule has 0 saturated carbocycles. The Morgan fingerprint density at radius 1 is 0.870 bits per heavy atom. The van der Waals surface area contributed by atoms with Gasteiger partial charge in [-0.3, -0.25) is 9.59 Å². The molecule has 5 nitrogen and oxygen atoms in total. The van der Waals surface area contributed by atoms with Gasteiger partial charge in [0.25, 0.3) is 0 Å². The fourth-order valence-corrected chi connectivity index (χ4v) is 2.36. The first-order chi connectivity index (χ1) is 10.5. The molecule has 2 amide bonds. The van der Waals surface area contributed by atoms with Crippen molar-refractivity contribution in [3.8, 4) is 0 Å². The van der Waals surface area contributed by atoms with Crippen LogP contribution in [0.5, 0.6) is 0 Å². The normalized spacial score (nSPS) is 15.6. The van der Waals surface area contributed by atoms with Gasteiger partial charge in [0.05, 0.1) is 6.10 Å². The van der Waals surface area contributed by atoms with E-state index in [2.05, 4.69) is 24.5 Å². The molecular weight excluding hydrogens is 292 g/mol. The number of aliphatic hydroxyl groups excluding tert-OH is 1. The molecule has 3 atom stereocenters. The number of aliphatic hydroxyl groups is 1. The van der Waals surface area contributed by atoms with E-state index in [-0.39, 0.29) is 29.7 Å². The van der Waals surface area contributed by atoms with Crippen LogP contribution in [0.3, 0.4) is 0 Å². The van der Waals surface area contributed by atoms with Crippen molar-refractivity contribution in [3.63, 3.8) is 0 Å². The molecule has 3 unspecified atom stereocenters. The lowest BCUT2D eigenvalue weighted by atomic mass is 9.95. The van der Waals surface area contributed by atoms with Crippen molar-refractivity contribution in [1.82, 2.24) is 10.6 Å². The Kier molecular flexibility index (Phi) is 10.1. The van der Waals surface area contributed by atoms with Gasteiger partial charge in [0, 0.05) is 12.0 Å². The highest BCUT2D eigenvalue weighted by atomic mass is 16.3. The topological polar surface area (TPSA) is 78.4 Å². The predicted octanol–water partition coefficient (Wildman–Crippen LogP) is 2.48. The van der Waals surface area contributed by atoms with Crippen LogP contribution in [0.1, 0.15) is 67.7 Å². The molecule has 23 heavy (non-hydrogen) atoms. The third-order valence-electron chi connectivity index (χ3n) is 3.83. The number of nitrogens with one attached hydrogen (secondary N) is 2. The van der Waals surface area contributed by atoms with Crippen LogP contribution in [-0.4, -0.2) is 35.1 Å². The molecule has 0 aromatic heterocycles. The summed E-state index contributed by atoms with van der Waals surface area (Å²) in [7, 11) is 0. The van der Waals surface area contributed by atoms with Gasteiger partial charge < -0.3 is 15.7 Å². The second-order valence-corrected chi connectivity index (χ2v) is 7.66. The van der Waals surface area contributed by atoms with Gasteiger partial charge in [-0.1, -0.05) is 34.6 Å². The molecule has 0 aromatic rings. The van der Waals surface area contributed by atoms with Gasteiger partial charge in [0.1, 0.15) is 6.04 Å². The highest BCUT2D eigenvalue weighted by molar-refractivity contribution is 5.88. The summed E-state index contributed by atoms with van der Waals surface area (Å²) in [6.07, 6.45) is 1.60. The summed E-state index contributed by atoms with van der Waals surface area (Å²) in [5, 5.41) is 15.7. The van der Waals surface area contributed by atoms with E-state index in [9.17, 15) is 14.7 Å². The van der Waals surface area contributed by atoms with Crippen molar-refractivity contribution >= 4 is 11.8 Å². The smallest absolute Gasteiger partial charge is 0.243 e. The van der Waals surface area contributed by atoms with E-state index in [0.29, 0.717) is 18.8 Å². The van der Waals surface area contributed by atoms with Crippen LogP contribution in [0.4, 0.5) is 0 Å². The Hall–Kier alpha value is -1.10. The average molecular weight is 328 g/mol. The molecule has 5 heteroatoms. The van der Waals surface area contributed by atoms with Crippen molar-refractivity contribution in [3.05, 3.63) is 0 Å². The second kappa shape index (κ2) is 10.6. The molecule has 0 saturated heterocycles. The lowest BCUT2D eigenvalue weighted by Crippen LogP contribution is -2.52. The Labute approximate surface area is 141 Å². The highest BCUT2D eigenvalue weighted by Gasteiger charge is 2.27. The predicted molar refractivity (Wildman–Crippen MR) is 93.9 cm³/mol. The number of carbonyl (C=O) groups excluding carboxylic acids is 2. The Morgan fingerprint density at radius 2 is 1.43 bits per heavy atom. The maximum Gasteiger partial charge on any atom is 0.243 e. The van der Waals surface area contributed by atoms with Crippen molar-refractivity contribution in [2.45, 2.75) is 85.9 Å². The van der Waals surface area contributed by atoms with Gasteiger partial charge >= 0.3 is 0 Å². The van der Waals surface area contributed by atoms with Crippen molar-refractivity contribution < 1.29 is 14.7 Å². The van der Waals surface area contributed by atoms with E-state index in [4.69, 9.17) is 0 Å². The van der Waals surface area contributed by atoms with E-state index in [1.807, 2.05) is 27.7 Å². The van der Waals surface area contributed by atoms with Crippen LogP contribution in [0.2, 0.25) is 0 Å². The summed E-state index contributed by atoms with van der Waals surface area (Å²) in [5.74, 6) is -0.0954. The monoisotopic (exact) mass is 328 g/mol. The molecule has 0 aliphatic rings. The molecule has 0 bridgehead atoms. The van der Waals surface area contributed by atoms with Crippen LogP contribution in [0, 0.1) is 17.8 Å². The van der Waals surface area contributed by atoms with E-state index in [1.54, 1.807) is 6.92 Å². The maximum atomic E-state index is 12.3. The summed E-state index contributed by atoms with van der Waals surface area (Å²) >= 11 is 0. The molecule has 0 aliphatic heterocycles. The second-order valence-electron chi connectivity index (χ2n) is 7.66. The quantitative estimate of drug-likeness (QED) is 0.576. The molecule has 0 radical (unpaired) electrons. The molecule has 0 spiro atoms. The fraction of sp³-hybridized carbons (Fsp3) is 0.889. The molecule has 0 heterocycles. The molecule has 3 N–H and O–H groups in total. The minimum absolute atomic E-state index is 0.00997.